The van der Waals surface area contributed by atoms with E-state index in [1.165, 1.54) is 17.4 Å². The highest BCUT2D eigenvalue weighted by Gasteiger charge is 2.40. The number of carboxylic acids is 1. The van der Waals surface area contributed by atoms with Gasteiger partial charge in [0.1, 0.15) is 0 Å². The van der Waals surface area contributed by atoms with Gasteiger partial charge in [-0.1, -0.05) is 0 Å². The number of hydrogen-bond acceptors (Lipinski definition) is 3. The van der Waals surface area contributed by atoms with Crippen molar-refractivity contribution < 1.29 is 23.1 Å². The molecule has 21 heavy (non-hydrogen) atoms. The van der Waals surface area contributed by atoms with Crippen LogP contribution < -0.4 is 0 Å². The second-order valence-corrected chi connectivity index (χ2v) is 6.11. The van der Waals surface area contributed by atoms with Crippen molar-refractivity contribution in [2.75, 3.05) is 13.1 Å². The maximum Gasteiger partial charge on any atom is 0.391 e. The lowest BCUT2D eigenvalue weighted by molar-refractivity contribution is -0.185. The van der Waals surface area contributed by atoms with Crippen molar-refractivity contribution >= 4 is 23.4 Å². The van der Waals surface area contributed by atoms with Crippen molar-refractivity contribution in [2.45, 2.75) is 25.6 Å². The number of rotatable bonds is 4. The van der Waals surface area contributed by atoms with Gasteiger partial charge in [-0.2, -0.15) is 13.2 Å². The Morgan fingerprint density at radius 2 is 2.10 bits per heavy atom. The maximum absolute atomic E-state index is 12.6. The molecule has 0 aromatic carbocycles. The summed E-state index contributed by atoms with van der Waals surface area (Å²) in [5.74, 6) is -2.18. The fraction of sp³-hybridized carbons (Fsp3) is 0.500. The molecule has 0 saturated carbocycles. The Morgan fingerprint density at radius 1 is 1.43 bits per heavy atom. The van der Waals surface area contributed by atoms with Crippen LogP contribution in [-0.2, 0) is 11.3 Å². The number of carboxylic acid groups (broad SMARTS) is 1. The second-order valence-electron chi connectivity index (χ2n) is 5.11. The van der Waals surface area contributed by atoms with Crippen molar-refractivity contribution in [2.24, 2.45) is 5.92 Å². The van der Waals surface area contributed by atoms with Gasteiger partial charge < -0.3 is 5.11 Å². The lowest BCUT2D eigenvalue weighted by atomic mass is 9.96. The van der Waals surface area contributed by atoms with Gasteiger partial charge >= 0.3 is 12.1 Å². The number of piperidine rings is 1. The minimum Gasteiger partial charge on any atom is -0.478 e. The standard InChI is InChI=1S/C14H16F3NO2S/c15-14(16,17)11-3-5-18(6-4-11)8-12-7-10(9-21-12)1-2-13(19)20/h1-2,7,9,11H,3-6,8H2,(H,19,20). The molecule has 1 N–H and O–H groups in total. The molecule has 116 valence electrons. The molecule has 0 bridgehead atoms. The van der Waals surface area contributed by atoms with E-state index in [-0.39, 0.29) is 12.8 Å². The molecule has 1 fully saturated rings. The van der Waals surface area contributed by atoms with E-state index >= 15 is 0 Å². The third-order valence-electron chi connectivity index (χ3n) is 3.52. The highest BCUT2D eigenvalue weighted by atomic mass is 32.1. The predicted molar refractivity (Wildman–Crippen MR) is 75.0 cm³/mol. The average molecular weight is 319 g/mol. The number of aliphatic carboxylic acids is 1. The van der Waals surface area contributed by atoms with E-state index in [0.717, 1.165) is 16.5 Å². The Morgan fingerprint density at radius 3 is 2.67 bits per heavy atom. The molecule has 0 atom stereocenters. The van der Waals surface area contributed by atoms with E-state index in [1.54, 1.807) is 0 Å². The van der Waals surface area contributed by atoms with E-state index in [1.807, 2.05) is 16.3 Å². The number of likely N-dealkylation sites (tertiary alicyclic amines) is 1. The van der Waals surface area contributed by atoms with Gasteiger partial charge in [-0.15, -0.1) is 11.3 Å². The van der Waals surface area contributed by atoms with Gasteiger partial charge in [-0.3, -0.25) is 4.90 Å². The molecule has 0 unspecified atom stereocenters. The van der Waals surface area contributed by atoms with Gasteiger partial charge in [-0.05, 0) is 49.0 Å². The molecular weight excluding hydrogens is 303 g/mol. The van der Waals surface area contributed by atoms with E-state index in [9.17, 15) is 18.0 Å². The Kier molecular flexibility index (Phi) is 5.05. The van der Waals surface area contributed by atoms with Crippen LogP contribution in [0.4, 0.5) is 13.2 Å². The summed E-state index contributed by atoms with van der Waals surface area (Å²) in [7, 11) is 0. The summed E-state index contributed by atoms with van der Waals surface area (Å²) in [5, 5.41) is 10.4. The summed E-state index contributed by atoms with van der Waals surface area (Å²) in [6.07, 6.45) is -1.19. The first-order valence-electron chi connectivity index (χ1n) is 6.62. The predicted octanol–water partition coefficient (Wildman–Crippen LogP) is 3.62. The Labute approximate surface area is 124 Å². The zero-order valence-electron chi connectivity index (χ0n) is 11.3. The molecule has 7 heteroatoms. The third-order valence-corrected chi connectivity index (χ3v) is 4.46. The van der Waals surface area contributed by atoms with Crippen molar-refractivity contribution in [3.63, 3.8) is 0 Å². The fourth-order valence-electron chi connectivity index (χ4n) is 2.37. The number of thiophene rings is 1. The Hall–Kier alpha value is -1.34. The highest BCUT2D eigenvalue weighted by Crippen LogP contribution is 2.34. The summed E-state index contributed by atoms with van der Waals surface area (Å²) in [6.45, 7) is 1.51. The zero-order valence-corrected chi connectivity index (χ0v) is 12.1. The fourth-order valence-corrected chi connectivity index (χ4v) is 3.27. The van der Waals surface area contributed by atoms with Gasteiger partial charge in [0, 0.05) is 17.5 Å². The third kappa shape index (κ3) is 4.86. The molecule has 0 spiro atoms. The van der Waals surface area contributed by atoms with Crippen LogP contribution in [0.5, 0.6) is 0 Å². The van der Waals surface area contributed by atoms with Crippen molar-refractivity contribution in [3.05, 3.63) is 28.0 Å². The van der Waals surface area contributed by atoms with Crippen molar-refractivity contribution in [1.82, 2.24) is 4.90 Å². The van der Waals surface area contributed by atoms with Gasteiger partial charge in [0.25, 0.3) is 0 Å². The quantitative estimate of drug-likeness (QED) is 0.862. The van der Waals surface area contributed by atoms with Crippen LogP contribution in [0.15, 0.2) is 17.5 Å². The lowest BCUT2D eigenvalue weighted by Gasteiger charge is -2.32. The number of halogens is 3. The van der Waals surface area contributed by atoms with E-state index in [4.69, 9.17) is 5.11 Å². The number of alkyl halides is 3. The van der Waals surface area contributed by atoms with E-state index in [0.29, 0.717) is 19.6 Å². The Bertz CT molecular complexity index is 517. The molecule has 0 amide bonds. The first kappa shape index (κ1) is 16.0. The summed E-state index contributed by atoms with van der Waals surface area (Å²) >= 11 is 1.49. The normalized spacial score (nSPS) is 18.4. The van der Waals surface area contributed by atoms with Crippen LogP contribution in [0.1, 0.15) is 23.3 Å². The minimum absolute atomic E-state index is 0.153. The molecule has 0 radical (unpaired) electrons. The topological polar surface area (TPSA) is 40.5 Å². The summed E-state index contributed by atoms with van der Waals surface area (Å²) in [4.78, 5) is 13.5. The minimum atomic E-state index is -4.08. The highest BCUT2D eigenvalue weighted by molar-refractivity contribution is 7.10. The molecule has 1 aliphatic rings. The van der Waals surface area contributed by atoms with E-state index in [2.05, 4.69) is 0 Å². The van der Waals surface area contributed by atoms with Gasteiger partial charge in [0.15, 0.2) is 0 Å². The number of nitrogens with zero attached hydrogens (tertiary/aromatic N) is 1. The van der Waals surface area contributed by atoms with Gasteiger partial charge in [-0.25, -0.2) is 4.79 Å². The van der Waals surface area contributed by atoms with Gasteiger partial charge in [0.2, 0.25) is 0 Å². The molecule has 2 heterocycles. The molecule has 1 aromatic rings. The van der Waals surface area contributed by atoms with Crippen LogP contribution in [0.2, 0.25) is 0 Å². The second kappa shape index (κ2) is 6.62. The van der Waals surface area contributed by atoms with Crippen LogP contribution in [0.3, 0.4) is 0 Å². The SMILES string of the molecule is O=C(O)C=Cc1csc(CN2CCC(C(F)(F)F)CC2)c1. The molecule has 2 rings (SSSR count). The van der Waals surface area contributed by atoms with Crippen molar-refractivity contribution in [3.8, 4) is 0 Å². The first-order chi connectivity index (χ1) is 9.84. The van der Waals surface area contributed by atoms with Gasteiger partial charge in [0.05, 0.1) is 5.92 Å². The summed E-state index contributed by atoms with van der Waals surface area (Å²) in [6, 6.07) is 1.87. The molecule has 1 saturated heterocycles. The zero-order chi connectivity index (χ0) is 15.5. The largest absolute Gasteiger partial charge is 0.478 e. The first-order valence-corrected chi connectivity index (χ1v) is 7.50. The molecule has 3 nitrogen and oxygen atoms in total. The van der Waals surface area contributed by atoms with Crippen LogP contribution >= 0.6 is 11.3 Å². The number of hydrogen-bond donors (Lipinski definition) is 1. The Balaban J connectivity index is 1.85. The summed E-state index contributed by atoms with van der Waals surface area (Å²) < 4.78 is 37.7. The molecule has 1 aromatic heterocycles. The summed E-state index contributed by atoms with van der Waals surface area (Å²) in [5.41, 5.74) is 0.808. The van der Waals surface area contributed by atoms with Crippen LogP contribution in [-0.4, -0.2) is 35.2 Å². The van der Waals surface area contributed by atoms with E-state index < -0.39 is 18.1 Å². The lowest BCUT2D eigenvalue weighted by Crippen LogP contribution is -2.38. The monoisotopic (exact) mass is 319 g/mol. The van der Waals surface area contributed by atoms with Crippen LogP contribution in [0.25, 0.3) is 6.08 Å². The smallest absolute Gasteiger partial charge is 0.391 e. The van der Waals surface area contributed by atoms with Crippen molar-refractivity contribution in [1.29, 1.82) is 0 Å². The molecule has 1 aliphatic heterocycles. The number of carbonyl (C=O) groups is 1. The molecule has 0 aliphatic carbocycles. The van der Waals surface area contributed by atoms with Crippen LogP contribution in [0, 0.1) is 5.92 Å². The maximum atomic E-state index is 12.6. The molecular formula is C14H16F3NO2S. The average Bonchev–Trinajstić information content (AvgIpc) is 2.83.